The van der Waals surface area contributed by atoms with Gasteiger partial charge in [0.05, 0.1) is 22.1 Å². The van der Waals surface area contributed by atoms with Crippen LogP contribution in [0.5, 0.6) is 0 Å². The maximum absolute atomic E-state index is 12.3. The number of imidazole rings is 1. The van der Waals surface area contributed by atoms with Crippen LogP contribution in [-0.4, -0.2) is 59.7 Å². The number of carbonyl (C=O) groups excluding carboxylic acids is 2. The first-order valence-corrected chi connectivity index (χ1v) is 12.9. The van der Waals surface area contributed by atoms with Crippen LogP contribution in [-0.2, 0) is 21.4 Å². The van der Waals surface area contributed by atoms with Gasteiger partial charge < -0.3 is 19.9 Å². The number of unbranched alkanes of at least 4 members (excludes halogenated alkanes) is 1. The normalized spacial score (nSPS) is 11.8. The molecule has 0 aliphatic rings. The average Bonchev–Trinajstić information content (AvgIpc) is 3.45. The number of ether oxygens (including phenoxy) is 1. The van der Waals surface area contributed by atoms with Crippen molar-refractivity contribution in [3.8, 4) is 11.4 Å². The van der Waals surface area contributed by atoms with Crippen LogP contribution in [0.25, 0.3) is 39.1 Å². The molecule has 0 unspecified atom stereocenters. The first-order chi connectivity index (χ1) is 18.7. The van der Waals surface area contributed by atoms with E-state index in [0.717, 1.165) is 52.1 Å². The number of aromatic nitrogens is 6. The third kappa shape index (κ3) is 5.12. The second kappa shape index (κ2) is 10.3. The maximum atomic E-state index is 12.3. The van der Waals surface area contributed by atoms with Crippen molar-refractivity contribution in [3.63, 3.8) is 0 Å². The van der Waals surface area contributed by atoms with Crippen LogP contribution in [0.4, 0.5) is 5.82 Å². The van der Waals surface area contributed by atoms with Crippen molar-refractivity contribution in [2.24, 2.45) is 7.05 Å². The van der Waals surface area contributed by atoms with Crippen molar-refractivity contribution in [2.45, 2.75) is 46.1 Å². The number of hydrogen-bond acceptors (Lipinski definition) is 8. The molecule has 11 heteroatoms. The minimum atomic E-state index is -1.20. The average molecular weight is 529 g/mol. The van der Waals surface area contributed by atoms with Gasteiger partial charge in [0.25, 0.3) is 5.91 Å². The molecule has 0 aliphatic carbocycles. The van der Waals surface area contributed by atoms with E-state index in [1.807, 2.05) is 54.8 Å². The van der Waals surface area contributed by atoms with Crippen molar-refractivity contribution >= 4 is 45.4 Å². The number of hydrogen-bond donors (Lipinski definition) is 2. The largest absolute Gasteiger partial charge is 0.450 e. The van der Waals surface area contributed by atoms with E-state index >= 15 is 0 Å². The summed E-state index contributed by atoms with van der Waals surface area (Å²) >= 11 is 0. The molecule has 2 aromatic carbocycles. The fourth-order valence-corrected chi connectivity index (χ4v) is 4.72. The number of nitrogens with zero attached hydrogens (tertiary/aromatic N) is 6. The summed E-state index contributed by atoms with van der Waals surface area (Å²) in [5, 5.41) is 14.9. The molecule has 0 saturated carbocycles. The minimum absolute atomic E-state index is 0.320. The summed E-state index contributed by atoms with van der Waals surface area (Å²) < 4.78 is 9.17. The molecule has 0 bridgehead atoms. The highest BCUT2D eigenvalue weighted by atomic mass is 16.6. The summed E-state index contributed by atoms with van der Waals surface area (Å²) in [6, 6.07) is 14.2. The second-order valence-corrected chi connectivity index (χ2v) is 10.0. The topological polar surface area (TPSA) is 128 Å². The zero-order valence-electron chi connectivity index (χ0n) is 22.8. The molecule has 0 saturated heterocycles. The fraction of sp³-hybridized carbons (Fsp3) is 0.357. The van der Waals surface area contributed by atoms with Gasteiger partial charge in [-0.15, -0.1) is 10.2 Å². The lowest BCUT2D eigenvalue weighted by atomic mass is 10.1. The molecule has 2 N–H and O–H groups in total. The van der Waals surface area contributed by atoms with Crippen LogP contribution in [0.2, 0.25) is 0 Å². The van der Waals surface area contributed by atoms with Gasteiger partial charge in [-0.2, -0.15) is 0 Å². The molecule has 0 aliphatic heterocycles. The Morgan fingerprint density at radius 2 is 1.74 bits per heavy atom. The molecule has 0 radical (unpaired) electrons. The van der Waals surface area contributed by atoms with Crippen LogP contribution in [0.3, 0.4) is 0 Å². The third-order valence-corrected chi connectivity index (χ3v) is 6.66. The third-order valence-electron chi connectivity index (χ3n) is 6.66. The molecular weight excluding hydrogens is 496 g/mol. The van der Waals surface area contributed by atoms with E-state index in [2.05, 4.69) is 31.5 Å². The Balaban J connectivity index is 1.32. The number of nitrogens with one attached hydrogen (secondary N) is 2. The number of para-hydroxylation sites is 2. The highest BCUT2D eigenvalue weighted by Gasteiger charge is 2.30. The Labute approximate surface area is 225 Å². The first-order valence-electron chi connectivity index (χ1n) is 12.9. The Hall–Kier alpha value is -4.54. The summed E-state index contributed by atoms with van der Waals surface area (Å²) in [6.07, 6.45) is 1.52. The summed E-state index contributed by atoms with van der Waals surface area (Å²) in [7, 11) is 2.02. The highest BCUT2D eigenvalue weighted by molar-refractivity contribution is 5.88. The van der Waals surface area contributed by atoms with Gasteiger partial charge in [-0.1, -0.05) is 12.1 Å². The standard InChI is InChI=1S/C28H32N8O3/c1-17-33-34-26-24(29-14-8-9-15-30-27(38)28(3,4)39-18(2)37)31-21-16-19(12-13-23(21)36(17)26)25-32-20-10-6-7-11-22(20)35(25)5/h6-7,10-13,16H,8-9,14-15H2,1-5H3,(H,29,31)(H,30,38). The van der Waals surface area contributed by atoms with Gasteiger partial charge >= 0.3 is 5.97 Å². The van der Waals surface area contributed by atoms with Crippen LogP contribution >= 0.6 is 0 Å². The zero-order chi connectivity index (χ0) is 27.7. The molecular formula is C28H32N8O3. The van der Waals surface area contributed by atoms with E-state index in [1.165, 1.54) is 6.92 Å². The number of anilines is 1. The molecule has 202 valence electrons. The van der Waals surface area contributed by atoms with Crippen LogP contribution in [0.15, 0.2) is 42.5 Å². The first kappa shape index (κ1) is 26.1. The summed E-state index contributed by atoms with van der Waals surface area (Å²) in [4.78, 5) is 33.2. The molecule has 39 heavy (non-hydrogen) atoms. The Morgan fingerprint density at radius 1 is 0.974 bits per heavy atom. The van der Waals surface area contributed by atoms with Gasteiger partial charge in [0.2, 0.25) is 5.65 Å². The van der Waals surface area contributed by atoms with E-state index < -0.39 is 11.6 Å². The molecule has 3 heterocycles. The Bertz CT molecular complexity index is 1700. The van der Waals surface area contributed by atoms with Gasteiger partial charge in [-0.25, -0.2) is 9.97 Å². The fourth-order valence-electron chi connectivity index (χ4n) is 4.72. The van der Waals surface area contributed by atoms with Crippen molar-refractivity contribution in [1.29, 1.82) is 0 Å². The number of fused-ring (bicyclic) bond motifs is 4. The van der Waals surface area contributed by atoms with Gasteiger partial charge in [0, 0.05) is 32.6 Å². The molecule has 3 aromatic heterocycles. The molecule has 0 fully saturated rings. The van der Waals surface area contributed by atoms with Gasteiger partial charge in [0.1, 0.15) is 11.6 Å². The summed E-state index contributed by atoms with van der Waals surface area (Å²) in [5.41, 5.74) is 4.16. The van der Waals surface area contributed by atoms with Crippen molar-refractivity contribution in [2.75, 3.05) is 18.4 Å². The minimum Gasteiger partial charge on any atom is -0.450 e. The van der Waals surface area contributed by atoms with Crippen LogP contribution < -0.4 is 10.6 Å². The Kier molecular flexibility index (Phi) is 6.90. The lowest BCUT2D eigenvalue weighted by Gasteiger charge is -2.23. The number of amides is 1. The quantitative estimate of drug-likeness (QED) is 0.218. The second-order valence-electron chi connectivity index (χ2n) is 10.0. The number of aryl methyl sites for hydroxylation is 2. The van der Waals surface area contributed by atoms with Gasteiger partial charge in [0.15, 0.2) is 11.4 Å². The van der Waals surface area contributed by atoms with Crippen molar-refractivity contribution < 1.29 is 14.3 Å². The molecule has 5 rings (SSSR count). The SMILES string of the molecule is CC(=O)OC(C)(C)C(=O)NCCCCNc1nc2cc(-c3nc4ccccc4n3C)ccc2n2c(C)nnc12. The van der Waals surface area contributed by atoms with E-state index in [4.69, 9.17) is 14.7 Å². The van der Waals surface area contributed by atoms with E-state index in [9.17, 15) is 9.59 Å². The zero-order valence-corrected chi connectivity index (χ0v) is 22.8. The lowest BCUT2D eigenvalue weighted by Crippen LogP contribution is -2.45. The summed E-state index contributed by atoms with van der Waals surface area (Å²) in [6.45, 7) is 7.46. The lowest BCUT2D eigenvalue weighted by molar-refractivity contribution is -0.162. The van der Waals surface area contributed by atoms with E-state index in [0.29, 0.717) is 24.6 Å². The number of benzene rings is 2. The highest BCUT2D eigenvalue weighted by Crippen LogP contribution is 2.28. The summed E-state index contributed by atoms with van der Waals surface area (Å²) in [5.74, 6) is 1.48. The predicted molar refractivity (Wildman–Crippen MR) is 149 cm³/mol. The smallest absolute Gasteiger partial charge is 0.303 e. The molecule has 0 atom stereocenters. The van der Waals surface area contributed by atoms with Crippen molar-refractivity contribution in [3.05, 3.63) is 48.3 Å². The van der Waals surface area contributed by atoms with Crippen molar-refractivity contribution in [1.82, 2.24) is 34.4 Å². The molecule has 0 spiro atoms. The monoisotopic (exact) mass is 528 g/mol. The number of esters is 1. The van der Waals surface area contributed by atoms with E-state index in [1.54, 1.807) is 13.8 Å². The molecule has 11 nitrogen and oxygen atoms in total. The van der Waals surface area contributed by atoms with Crippen LogP contribution in [0.1, 0.15) is 39.4 Å². The number of carbonyl (C=O) groups is 2. The Morgan fingerprint density at radius 3 is 2.51 bits per heavy atom. The maximum Gasteiger partial charge on any atom is 0.303 e. The number of rotatable bonds is 9. The van der Waals surface area contributed by atoms with Gasteiger partial charge in [-0.3, -0.25) is 14.0 Å². The van der Waals surface area contributed by atoms with E-state index in [-0.39, 0.29) is 5.91 Å². The van der Waals surface area contributed by atoms with Crippen LogP contribution in [0, 0.1) is 6.92 Å². The van der Waals surface area contributed by atoms with Gasteiger partial charge in [-0.05, 0) is 63.9 Å². The molecule has 1 amide bonds. The molecule has 5 aromatic rings. The predicted octanol–water partition coefficient (Wildman–Crippen LogP) is 3.79.